The molecule has 0 atom stereocenters. The molecule has 0 aliphatic carbocycles. The lowest BCUT2D eigenvalue weighted by molar-refractivity contribution is -0.0498. The number of piperidine rings is 1. The average Bonchev–Trinajstić information content (AvgIpc) is 3.53. The molecule has 36 heavy (non-hydrogen) atoms. The zero-order chi connectivity index (χ0) is 25.1. The van der Waals surface area contributed by atoms with Crippen molar-refractivity contribution in [2.45, 2.75) is 25.5 Å². The normalized spacial score (nSPS) is 15.0. The number of nitrogens with one attached hydrogen (secondary N) is 2. The van der Waals surface area contributed by atoms with Gasteiger partial charge in [0.25, 0.3) is 5.91 Å². The molecule has 2 aromatic heterocycles. The summed E-state index contributed by atoms with van der Waals surface area (Å²) in [5.41, 5.74) is 3.16. The SMILES string of the molecule is O=C(Nc1ccc(OC(F)F)cc1)c1n[nH]c2ccc(-c3cnn(C4CCN(CCF)CC4)c3)cc12. The Morgan fingerprint density at radius 2 is 1.92 bits per heavy atom. The van der Waals surface area contributed by atoms with Crippen molar-refractivity contribution in [3.8, 4) is 16.9 Å². The molecule has 1 aliphatic heterocycles. The second-order valence-corrected chi connectivity index (χ2v) is 8.66. The van der Waals surface area contributed by atoms with E-state index in [0.29, 0.717) is 23.1 Å². The van der Waals surface area contributed by atoms with E-state index in [4.69, 9.17) is 0 Å². The number of hydrogen-bond acceptors (Lipinski definition) is 5. The van der Waals surface area contributed by atoms with Crippen LogP contribution in [0.2, 0.25) is 0 Å². The number of fused-ring (bicyclic) bond motifs is 1. The first-order chi connectivity index (χ1) is 17.5. The molecule has 0 spiro atoms. The first kappa shape index (κ1) is 23.9. The molecule has 4 aromatic rings. The molecule has 0 saturated carbocycles. The van der Waals surface area contributed by atoms with Crippen LogP contribution < -0.4 is 10.1 Å². The van der Waals surface area contributed by atoms with Gasteiger partial charge in [0.1, 0.15) is 12.4 Å². The van der Waals surface area contributed by atoms with E-state index in [-0.39, 0.29) is 24.2 Å². The second-order valence-electron chi connectivity index (χ2n) is 8.66. The molecule has 2 N–H and O–H groups in total. The summed E-state index contributed by atoms with van der Waals surface area (Å²) in [6, 6.07) is 11.6. The van der Waals surface area contributed by atoms with Crippen molar-refractivity contribution in [2.24, 2.45) is 0 Å². The van der Waals surface area contributed by atoms with Crippen LogP contribution in [0.1, 0.15) is 29.4 Å². The summed E-state index contributed by atoms with van der Waals surface area (Å²) in [7, 11) is 0. The lowest BCUT2D eigenvalue weighted by Crippen LogP contribution is -2.36. The third-order valence-electron chi connectivity index (χ3n) is 6.38. The number of carbonyl (C=O) groups excluding carboxylic acids is 1. The fourth-order valence-electron chi connectivity index (χ4n) is 4.49. The van der Waals surface area contributed by atoms with E-state index in [2.05, 4.69) is 30.2 Å². The molecule has 1 aliphatic rings. The van der Waals surface area contributed by atoms with E-state index >= 15 is 0 Å². The van der Waals surface area contributed by atoms with Crippen molar-refractivity contribution in [2.75, 3.05) is 31.6 Å². The number of alkyl halides is 3. The third kappa shape index (κ3) is 5.20. The molecular weight excluding hydrogens is 473 g/mol. The van der Waals surface area contributed by atoms with Gasteiger partial charge in [-0.2, -0.15) is 19.0 Å². The molecule has 8 nitrogen and oxygen atoms in total. The smallest absolute Gasteiger partial charge is 0.387 e. The van der Waals surface area contributed by atoms with Crippen molar-refractivity contribution in [3.63, 3.8) is 0 Å². The van der Waals surface area contributed by atoms with E-state index in [1.807, 2.05) is 29.1 Å². The van der Waals surface area contributed by atoms with Gasteiger partial charge in [0.2, 0.25) is 0 Å². The highest BCUT2D eigenvalue weighted by molar-refractivity contribution is 6.11. The van der Waals surface area contributed by atoms with E-state index in [1.165, 1.54) is 24.3 Å². The van der Waals surface area contributed by atoms with Gasteiger partial charge in [-0.15, -0.1) is 0 Å². The van der Waals surface area contributed by atoms with Gasteiger partial charge in [0.05, 0.1) is 17.8 Å². The Bertz CT molecular complexity index is 1330. The predicted octanol–water partition coefficient (Wildman–Crippen LogP) is 4.89. The highest BCUT2D eigenvalue weighted by Gasteiger charge is 2.21. The van der Waals surface area contributed by atoms with Gasteiger partial charge >= 0.3 is 6.61 Å². The van der Waals surface area contributed by atoms with Crippen molar-refractivity contribution < 1.29 is 22.7 Å². The van der Waals surface area contributed by atoms with E-state index < -0.39 is 12.5 Å². The topological polar surface area (TPSA) is 88.1 Å². The number of amides is 1. The van der Waals surface area contributed by atoms with Gasteiger partial charge in [-0.05, 0) is 54.8 Å². The summed E-state index contributed by atoms with van der Waals surface area (Å²) in [4.78, 5) is 15.0. The van der Waals surface area contributed by atoms with E-state index in [9.17, 15) is 18.0 Å². The number of H-pyrrole nitrogens is 1. The monoisotopic (exact) mass is 498 g/mol. The number of benzene rings is 2. The lowest BCUT2D eigenvalue weighted by Gasteiger charge is -2.31. The van der Waals surface area contributed by atoms with Crippen LogP contribution in [0, 0.1) is 0 Å². The summed E-state index contributed by atoms with van der Waals surface area (Å²) < 4.78 is 43.6. The molecule has 1 amide bonds. The standard InChI is InChI=1S/C25H25F3N6O2/c26-9-12-33-10-7-19(8-11-33)34-15-17(14-29-34)16-1-6-22-21(13-16)23(32-31-22)24(35)30-18-2-4-20(5-3-18)36-25(27)28/h1-6,13-15,19,25H,7-12H2,(H,30,35)(H,31,32). The van der Waals surface area contributed by atoms with Crippen LogP contribution in [0.15, 0.2) is 54.9 Å². The van der Waals surface area contributed by atoms with Crippen molar-refractivity contribution in [1.29, 1.82) is 0 Å². The number of ether oxygens (including phenoxy) is 1. The minimum Gasteiger partial charge on any atom is -0.435 e. The molecule has 5 rings (SSSR count). The zero-order valence-corrected chi connectivity index (χ0v) is 19.3. The highest BCUT2D eigenvalue weighted by atomic mass is 19.3. The first-order valence-corrected chi connectivity index (χ1v) is 11.7. The quantitative estimate of drug-likeness (QED) is 0.361. The third-order valence-corrected chi connectivity index (χ3v) is 6.38. The number of hydrogen-bond donors (Lipinski definition) is 2. The number of likely N-dealkylation sites (tertiary alicyclic amines) is 1. The van der Waals surface area contributed by atoms with E-state index in [0.717, 1.165) is 37.1 Å². The minimum absolute atomic E-state index is 0.00344. The molecule has 1 fully saturated rings. The van der Waals surface area contributed by atoms with Crippen LogP contribution in [0.25, 0.3) is 22.0 Å². The first-order valence-electron chi connectivity index (χ1n) is 11.7. The molecule has 0 unspecified atom stereocenters. The maximum atomic E-state index is 12.9. The number of anilines is 1. The number of nitrogens with zero attached hydrogens (tertiary/aromatic N) is 4. The molecule has 0 radical (unpaired) electrons. The highest BCUT2D eigenvalue weighted by Crippen LogP contribution is 2.28. The summed E-state index contributed by atoms with van der Waals surface area (Å²) in [6.07, 6.45) is 5.64. The largest absolute Gasteiger partial charge is 0.435 e. The number of halogens is 3. The van der Waals surface area contributed by atoms with Crippen LogP contribution in [-0.2, 0) is 0 Å². The van der Waals surface area contributed by atoms with Crippen molar-refractivity contribution >= 4 is 22.5 Å². The average molecular weight is 499 g/mol. The second kappa shape index (κ2) is 10.4. The van der Waals surface area contributed by atoms with E-state index in [1.54, 1.807) is 6.20 Å². The molecule has 1 saturated heterocycles. The summed E-state index contributed by atoms with van der Waals surface area (Å²) in [5.74, 6) is -0.430. The molecular formula is C25H25F3N6O2. The van der Waals surface area contributed by atoms with Crippen molar-refractivity contribution in [1.82, 2.24) is 24.9 Å². The Morgan fingerprint density at radius 1 is 1.14 bits per heavy atom. The van der Waals surface area contributed by atoms with Crippen LogP contribution in [0.5, 0.6) is 5.75 Å². The maximum Gasteiger partial charge on any atom is 0.387 e. The Labute approximate surface area is 205 Å². The number of rotatable bonds is 8. The minimum atomic E-state index is -2.91. The number of carbonyl (C=O) groups is 1. The molecule has 188 valence electrons. The number of aromatic amines is 1. The van der Waals surface area contributed by atoms with Gasteiger partial charge in [-0.3, -0.25) is 14.6 Å². The Hall–Kier alpha value is -3.86. The molecule has 11 heteroatoms. The zero-order valence-electron chi connectivity index (χ0n) is 19.3. The Kier molecular flexibility index (Phi) is 6.90. The predicted molar refractivity (Wildman–Crippen MR) is 129 cm³/mol. The summed E-state index contributed by atoms with van der Waals surface area (Å²) in [5, 5.41) is 15.0. The van der Waals surface area contributed by atoms with Gasteiger partial charge in [-0.25, -0.2) is 4.39 Å². The van der Waals surface area contributed by atoms with Gasteiger partial charge in [0.15, 0.2) is 5.69 Å². The maximum absolute atomic E-state index is 12.9. The molecule has 0 bridgehead atoms. The van der Waals surface area contributed by atoms with Gasteiger partial charge < -0.3 is 15.0 Å². The Balaban J connectivity index is 1.31. The fraction of sp³-hybridized carbons (Fsp3) is 0.320. The fourth-order valence-corrected chi connectivity index (χ4v) is 4.49. The van der Waals surface area contributed by atoms with Crippen LogP contribution in [0.3, 0.4) is 0 Å². The van der Waals surface area contributed by atoms with Gasteiger partial charge in [0, 0.05) is 42.5 Å². The van der Waals surface area contributed by atoms with Gasteiger partial charge in [-0.1, -0.05) is 6.07 Å². The van der Waals surface area contributed by atoms with Crippen LogP contribution in [-0.4, -0.2) is 63.7 Å². The molecule has 2 aromatic carbocycles. The number of aromatic nitrogens is 4. The molecule has 3 heterocycles. The van der Waals surface area contributed by atoms with Crippen molar-refractivity contribution in [3.05, 3.63) is 60.6 Å². The van der Waals surface area contributed by atoms with Crippen LogP contribution in [0.4, 0.5) is 18.9 Å². The van der Waals surface area contributed by atoms with Crippen LogP contribution >= 0.6 is 0 Å². The Morgan fingerprint density at radius 3 is 2.64 bits per heavy atom. The lowest BCUT2D eigenvalue weighted by atomic mass is 10.0. The summed E-state index contributed by atoms with van der Waals surface area (Å²) >= 11 is 0. The summed E-state index contributed by atoms with van der Waals surface area (Å²) in [6.45, 7) is -1.05.